The van der Waals surface area contributed by atoms with Crippen LogP contribution in [-0.4, -0.2) is 0 Å². The minimum atomic E-state index is 0.822. The third kappa shape index (κ3) is 4.52. The first-order valence-electron chi connectivity index (χ1n) is 7.67. The van der Waals surface area contributed by atoms with Gasteiger partial charge in [-0.2, -0.15) is 0 Å². The van der Waals surface area contributed by atoms with Crippen LogP contribution in [-0.2, 0) is 0 Å². The molecule has 22 heavy (non-hydrogen) atoms. The molecule has 2 aromatic rings. The van der Waals surface area contributed by atoms with Gasteiger partial charge in [0, 0.05) is 11.4 Å². The van der Waals surface area contributed by atoms with Gasteiger partial charge in [0.05, 0.1) is 0 Å². The molecule has 2 aromatic carbocycles. The molecule has 0 aliphatic heterocycles. The highest BCUT2D eigenvalue weighted by atomic mass is 16.5. The molecule has 0 saturated heterocycles. The van der Waals surface area contributed by atoms with Crippen molar-refractivity contribution < 1.29 is 4.74 Å². The Kier molecular flexibility index (Phi) is 5.84. The maximum Gasteiger partial charge on any atom is 0.127 e. The second kappa shape index (κ2) is 8.08. The van der Waals surface area contributed by atoms with Crippen molar-refractivity contribution in [2.45, 2.75) is 26.7 Å². The first kappa shape index (κ1) is 15.9. The van der Waals surface area contributed by atoms with Crippen molar-refractivity contribution in [3.63, 3.8) is 0 Å². The van der Waals surface area contributed by atoms with Crippen LogP contribution in [0, 0.1) is 0 Å². The zero-order valence-electron chi connectivity index (χ0n) is 13.3. The molecule has 0 bridgehead atoms. The van der Waals surface area contributed by atoms with Gasteiger partial charge in [0.25, 0.3) is 0 Å². The summed E-state index contributed by atoms with van der Waals surface area (Å²) in [6.45, 7) is 8.33. The topological polar surface area (TPSA) is 21.3 Å². The summed E-state index contributed by atoms with van der Waals surface area (Å²) in [6.07, 6.45) is 4.25. The molecule has 0 atom stereocenters. The van der Waals surface area contributed by atoms with E-state index in [0.29, 0.717) is 0 Å². The van der Waals surface area contributed by atoms with Crippen molar-refractivity contribution in [3.05, 3.63) is 78.5 Å². The molecule has 0 radical (unpaired) electrons. The summed E-state index contributed by atoms with van der Waals surface area (Å²) in [5.74, 6) is 1.66. The van der Waals surface area contributed by atoms with E-state index >= 15 is 0 Å². The molecule has 0 fully saturated rings. The van der Waals surface area contributed by atoms with Gasteiger partial charge in [0.1, 0.15) is 11.5 Å². The Morgan fingerprint density at radius 1 is 1.05 bits per heavy atom. The molecule has 0 aliphatic rings. The molecule has 0 amide bonds. The Bertz CT molecular complexity index is 627. The molecular formula is C20H23NO. The summed E-state index contributed by atoms with van der Waals surface area (Å²) >= 11 is 0. The van der Waals surface area contributed by atoms with Gasteiger partial charge in [-0.25, -0.2) is 0 Å². The van der Waals surface area contributed by atoms with E-state index in [4.69, 9.17) is 4.74 Å². The van der Waals surface area contributed by atoms with Crippen molar-refractivity contribution in [2.24, 2.45) is 0 Å². The summed E-state index contributed by atoms with van der Waals surface area (Å²) in [5, 5.41) is 3.38. The van der Waals surface area contributed by atoms with Gasteiger partial charge in [-0.3, -0.25) is 0 Å². The van der Waals surface area contributed by atoms with Crippen LogP contribution in [0.3, 0.4) is 0 Å². The van der Waals surface area contributed by atoms with Crippen molar-refractivity contribution in [1.82, 2.24) is 5.32 Å². The number of benzene rings is 2. The molecule has 0 saturated carbocycles. The predicted molar refractivity (Wildman–Crippen MR) is 93.8 cm³/mol. The fourth-order valence-electron chi connectivity index (χ4n) is 2.16. The number of para-hydroxylation sites is 1. The molecule has 2 heteroatoms. The normalized spacial score (nSPS) is 11.1. The SMILES string of the molecule is C=C(N/C(=C\C)CCC)c1ccc(Oc2ccccc2)cc1. The quantitative estimate of drug-likeness (QED) is 0.702. The maximum atomic E-state index is 5.79. The van der Waals surface area contributed by atoms with Crippen LogP contribution in [0.4, 0.5) is 0 Å². The molecule has 0 unspecified atom stereocenters. The Morgan fingerprint density at radius 3 is 2.27 bits per heavy atom. The monoisotopic (exact) mass is 293 g/mol. The van der Waals surface area contributed by atoms with E-state index in [1.165, 1.54) is 5.70 Å². The molecule has 114 valence electrons. The maximum absolute atomic E-state index is 5.79. The van der Waals surface area contributed by atoms with Gasteiger partial charge in [0.15, 0.2) is 0 Å². The molecular weight excluding hydrogens is 270 g/mol. The van der Waals surface area contributed by atoms with Gasteiger partial charge in [-0.05, 0) is 55.3 Å². The van der Waals surface area contributed by atoms with Gasteiger partial charge in [-0.15, -0.1) is 0 Å². The minimum absolute atomic E-state index is 0.822. The van der Waals surface area contributed by atoms with Crippen LogP contribution in [0.1, 0.15) is 32.3 Å². The highest BCUT2D eigenvalue weighted by Crippen LogP contribution is 2.23. The van der Waals surface area contributed by atoms with Crippen LogP contribution in [0.15, 0.2) is 72.9 Å². The van der Waals surface area contributed by atoms with E-state index in [-0.39, 0.29) is 0 Å². The molecule has 2 rings (SSSR count). The number of allylic oxidation sites excluding steroid dienone is 2. The number of rotatable bonds is 7. The Morgan fingerprint density at radius 2 is 1.68 bits per heavy atom. The lowest BCUT2D eigenvalue weighted by atomic mass is 10.1. The highest BCUT2D eigenvalue weighted by Gasteiger charge is 2.02. The molecule has 1 N–H and O–H groups in total. The van der Waals surface area contributed by atoms with E-state index in [2.05, 4.69) is 24.9 Å². The zero-order chi connectivity index (χ0) is 15.8. The average molecular weight is 293 g/mol. The van der Waals surface area contributed by atoms with Crippen LogP contribution in [0.2, 0.25) is 0 Å². The lowest BCUT2D eigenvalue weighted by Crippen LogP contribution is -2.10. The Labute approximate surface area is 133 Å². The van der Waals surface area contributed by atoms with E-state index in [0.717, 1.165) is 35.6 Å². The van der Waals surface area contributed by atoms with E-state index in [1.54, 1.807) is 0 Å². The van der Waals surface area contributed by atoms with Crippen molar-refractivity contribution >= 4 is 5.70 Å². The zero-order valence-corrected chi connectivity index (χ0v) is 13.3. The van der Waals surface area contributed by atoms with Crippen LogP contribution in [0.5, 0.6) is 11.5 Å². The van der Waals surface area contributed by atoms with Gasteiger partial charge < -0.3 is 10.1 Å². The van der Waals surface area contributed by atoms with Crippen LogP contribution in [0.25, 0.3) is 5.70 Å². The van der Waals surface area contributed by atoms with Crippen molar-refractivity contribution in [2.75, 3.05) is 0 Å². The smallest absolute Gasteiger partial charge is 0.127 e. The van der Waals surface area contributed by atoms with Crippen molar-refractivity contribution in [1.29, 1.82) is 0 Å². The average Bonchev–Trinajstić information content (AvgIpc) is 2.56. The number of ether oxygens (including phenoxy) is 1. The molecule has 0 aromatic heterocycles. The minimum Gasteiger partial charge on any atom is -0.457 e. The first-order chi connectivity index (χ1) is 10.7. The largest absolute Gasteiger partial charge is 0.457 e. The second-order valence-electron chi connectivity index (χ2n) is 5.11. The predicted octanol–water partition coefficient (Wildman–Crippen LogP) is 5.74. The van der Waals surface area contributed by atoms with Gasteiger partial charge in [-0.1, -0.05) is 44.2 Å². The Hall–Kier alpha value is -2.48. The molecule has 0 spiro atoms. The van der Waals surface area contributed by atoms with Gasteiger partial charge >= 0.3 is 0 Å². The summed E-state index contributed by atoms with van der Waals surface area (Å²) in [4.78, 5) is 0. The highest BCUT2D eigenvalue weighted by molar-refractivity contribution is 5.63. The summed E-state index contributed by atoms with van der Waals surface area (Å²) < 4.78 is 5.79. The molecule has 0 aliphatic carbocycles. The summed E-state index contributed by atoms with van der Waals surface area (Å²) in [6, 6.07) is 17.7. The van der Waals surface area contributed by atoms with E-state index in [9.17, 15) is 0 Å². The lowest BCUT2D eigenvalue weighted by molar-refractivity contribution is 0.482. The van der Waals surface area contributed by atoms with Crippen LogP contribution >= 0.6 is 0 Å². The molecule has 2 nitrogen and oxygen atoms in total. The number of hydrogen-bond acceptors (Lipinski definition) is 2. The number of hydrogen-bond donors (Lipinski definition) is 1. The molecule has 0 heterocycles. The van der Waals surface area contributed by atoms with E-state index in [1.807, 2.05) is 61.5 Å². The fourth-order valence-corrected chi connectivity index (χ4v) is 2.16. The second-order valence-corrected chi connectivity index (χ2v) is 5.11. The standard InChI is InChI=1S/C20H23NO/c1-4-9-18(5-2)21-16(3)17-12-14-20(15-13-17)22-19-10-7-6-8-11-19/h5-8,10-15,21H,3-4,9H2,1-2H3/b18-5-. The van der Waals surface area contributed by atoms with Gasteiger partial charge in [0.2, 0.25) is 0 Å². The number of nitrogens with one attached hydrogen (secondary N) is 1. The Balaban J connectivity index is 2.01. The lowest BCUT2D eigenvalue weighted by Gasteiger charge is -2.13. The fraction of sp³-hybridized carbons (Fsp3) is 0.200. The first-order valence-corrected chi connectivity index (χ1v) is 7.67. The van der Waals surface area contributed by atoms with Crippen molar-refractivity contribution in [3.8, 4) is 11.5 Å². The third-order valence-electron chi connectivity index (χ3n) is 3.36. The third-order valence-corrected chi connectivity index (χ3v) is 3.36. The summed E-state index contributed by atoms with van der Waals surface area (Å²) in [7, 11) is 0. The summed E-state index contributed by atoms with van der Waals surface area (Å²) in [5.41, 5.74) is 3.18. The van der Waals surface area contributed by atoms with E-state index < -0.39 is 0 Å². The van der Waals surface area contributed by atoms with Crippen LogP contribution < -0.4 is 10.1 Å².